The number of aliphatic carboxylic acids is 1. The lowest BCUT2D eigenvalue weighted by Gasteiger charge is -2.21. The van der Waals surface area contributed by atoms with E-state index in [1.807, 2.05) is 0 Å². The number of aryl methyl sites for hydroxylation is 3. The minimum absolute atomic E-state index is 0.00462. The third-order valence-corrected chi connectivity index (χ3v) is 3.53. The zero-order valence-electron chi connectivity index (χ0n) is 13.3. The molecule has 0 saturated carbocycles. The number of carboxylic acids is 1. The van der Waals surface area contributed by atoms with E-state index in [9.17, 15) is 4.79 Å². The summed E-state index contributed by atoms with van der Waals surface area (Å²) in [5.41, 5.74) is 5.04. The highest BCUT2D eigenvalue weighted by Gasteiger charge is 2.16. The molecule has 0 fully saturated rings. The minimum Gasteiger partial charge on any atom is -0.481 e. The Morgan fingerprint density at radius 2 is 1.75 bits per heavy atom. The van der Waals surface area contributed by atoms with Crippen LogP contribution in [0.15, 0.2) is 12.1 Å². The van der Waals surface area contributed by atoms with E-state index in [0.717, 1.165) is 13.0 Å². The van der Waals surface area contributed by atoms with Crippen LogP contribution in [0.25, 0.3) is 0 Å². The van der Waals surface area contributed by atoms with Crippen LogP contribution in [-0.2, 0) is 11.2 Å². The highest BCUT2D eigenvalue weighted by molar-refractivity contribution is 5.67. The molecule has 0 aliphatic rings. The summed E-state index contributed by atoms with van der Waals surface area (Å²) < 4.78 is 0. The number of benzene rings is 1. The zero-order chi connectivity index (χ0) is 15.3. The van der Waals surface area contributed by atoms with E-state index in [4.69, 9.17) is 5.11 Å². The molecule has 0 amide bonds. The monoisotopic (exact) mass is 277 g/mol. The van der Waals surface area contributed by atoms with E-state index >= 15 is 0 Å². The second-order valence-corrected chi connectivity index (χ2v) is 6.18. The highest BCUT2D eigenvalue weighted by atomic mass is 16.4. The Morgan fingerprint density at radius 1 is 1.20 bits per heavy atom. The van der Waals surface area contributed by atoms with Crippen LogP contribution < -0.4 is 5.32 Å². The van der Waals surface area contributed by atoms with Gasteiger partial charge in [-0.25, -0.2) is 0 Å². The van der Waals surface area contributed by atoms with Gasteiger partial charge in [-0.2, -0.15) is 0 Å². The maximum atomic E-state index is 11.0. The Bertz CT molecular complexity index is 443. The number of rotatable bonds is 7. The average molecular weight is 277 g/mol. The van der Waals surface area contributed by atoms with Gasteiger partial charge in [0.25, 0.3) is 0 Å². The lowest BCUT2D eigenvalue weighted by atomic mass is 9.93. The van der Waals surface area contributed by atoms with Crippen LogP contribution in [0.1, 0.15) is 42.5 Å². The molecule has 1 aromatic carbocycles. The summed E-state index contributed by atoms with van der Waals surface area (Å²) in [5.74, 6) is -0.222. The fourth-order valence-electron chi connectivity index (χ4n) is 2.61. The molecule has 3 heteroatoms. The molecule has 0 saturated heterocycles. The van der Waals surface area contributed by atoms with Crippen LogP contribution in [0.3, 0.4) is 0 Å². The number of carbonyl (C=O) groups is 1. The maximum absolute atomic E-state index is 11.0. The van der Waals surface area contributed by atoms with Gasteiger partial charge < -0.3 is 10.4 Å². The van der Waals surface area contributed by atoms with E-state index in [1.54, 1.807) is 0 Å². The second kappa shape index (κ2) is 7.44. The molecule has 1 atom stereocenters. The van der Waals surface area contributed by atoms with Crippen LogP contribution in [0.5, 0.6) is 0 Å². The smallest absolute Gasteiger partial charge is 0.304 e. The van der Waals surface area contributed by atoms with E-state index in [0.29, 0.717) is 5.92 Å². The topological polar surface area (TPSA) is 49.3 Å². The summed E-state index contributed by atoms with van der Waals surface area (Å²) in [6.45, 7) is 11.4. The maximum Gasteiger partial charge on any atom is 0.304 e. The zero-order valence-corrected chi connectivity index (χ0v) is 13.3. The van der Waals surface area contributed by atoms with Gasteiger partial charge in [0.2, 0.25) is 0 Å². The van der Waals surface area contributed by atoms with Crippen molar-refractivity contribution >= 4 is 5.97 Å². The van der Waals surface area contributed by atoms with Crippen molar-refractivity contribution in [3.05, 3.63) is 34.4 Å². The van der Waals surface area contributed by atoms with E-state index in [2.05, 4.69) is 52.1 Å². The summed E-state index contributed by atoms with van der Waals surface area (Å²) in [7, 11) is 0. The summed E-state index contributed by atoms with van der Waals surface area (Å²) in [6.07, 6.45) is 0.941. The van der Waals surface area contributed by atoms with Gasteiger partial charge in [-0.15, -0.1) is 0 Å². The first-order valence-electron chi connectivity index (χ1n) is 7.31. The van der Waals surface area contributed by atoms with Crippen LogP contribution in [0, 0.1) is 26.7 Å². The molecule has 0 radical (unpaired) electrons. The SMILES string of the molecule is Cc1cc(C)c(CC(CC(=O)O)NCC(C)C)c(C)c1. The molecule has 2 N–H and O–H groups in total. The van der Waals surface area contributed by atoms with Gasteiger partial charge in [0, 0.05) is 6.04 Å². The van der Waals surface area contributed by atoms with Gasteiger partial charge in [-0.1, -0.05) is 31.5 Å². The van der Waals surface area contributed by atoms with Gasteiger partial charge in [0.05, 0.1) is 6.42 Å². The lowest BCUT2D eigenvalue weighted by molar-refractivity contribution is -0.137. The molecule has 112 valence electrons. The van der Waals surface area contributed by atoms with Crippen molar-refractivity contribution in [2.24, 2.45) is 5.92 Å². The third kappa shape index (κ3) is 5.33. The van der Waals surface area contributed by atoms with Gasteiger partial charge in [0.1, 0.15) is 0 Å². The second-order valence-electron chi connectivity index (χ2n) is 6.18. The highest BCUT2D eigenvalue weighted by Crippen LogP contribution is 2.19. The van der Waals surface area contributed by atoms with Gasteiger partial charge >= 0.3 is 5.97 Å². The Labute approximate surface area is 122 Å². The first-order chi connectivity index (χ1) is 9.29. The van der Waals surface area contributed by atoms with E-state index in [-0.39, 0.29) is 12.5 Å². The van der Waals surface area contributed by atoms with Crippen LogP contribution in [-0.4, -0.2) is 23.7 Å². The molecule has 0 bridgehead atoms. The van der Waals surface area contributed by atoms with Crippen molar-refractivity contribution in [3.63, 3.8) is 0 Å². The first-order valence-corrected chi connectivity index (χ1v) is 7.31. The summed E-state index contributed by atoms with van der Waals surface area (Å²) in [5, 5.41) is 12.5. The van der Waals surface area contributed by atoms with Crippen molar-refractivity contribution < 1.29 is 9.90 Å². The predicted octanol–water partition coefficient (Wildman–Crippen LogP) is 3.24. The van der Waals surface area contributed by atoms with Crippen molar-refractivity contribution in [1.82, 2.24) is 5.32 Å². The molecular weight excluding hydrogens is 250 g/mol. The molecule has 20 heavy (non-hydrogen) atoms. The number of nitrogens with one attached hydrogen (secondary N) is 1. The van der Waals surface area contributed by atoms with Crippen LogP contribution >= 0.6 is 0 Å². The van der Waals surface area contributed by atoms with Crippen molar-refractivity contribution in [3.8, 4) is 0 Å². The number of carboxylic acid groups (broad SMARTS) is 1. The third-order valence-electron chi connectivity index (χ3n) is 3.53. The molecular formula is C17H27NO2. The quantitative estimate of drug-likeness (QED) is 0.804. The molecule has 0 aromatic heterocycles. The fraction of sp³-hybridized carbons (Fsp3) is 0.588. The van der Waals surface area contributed by atoms with Crippen molar-refractivity contribution in [1.29, 1.82) is 0 Å². The summed E-state index contributed by atoms with van der Waals surface area (Å²) in [6, 6.07) is 4.33. The van der Waals surface area contributed by atoms with Gasteiger partial charge in [-0.05, 0) is 56.3 Å². The number of hydrogen-bond donors (Lipinski definition) is 2. The Hall–Kier alpha value is -1.35. The standard InChI is InChI=1S/C17H27NO2/c1-11(2)10-18-15(9-17(19)20)8-16-13(4)6-12(3)7-14(16)5/h6-7,11,15,18H,8-10H2,1-5H3,(H,19,20). The van der Waals surface area contributed by atoms with E-state index in [1.165, 1.54) is 22.3 Å². The van der Waals surface area contributed by atoms with Crippen molar-refractivity contribution in [2.45, 2.75) is 53.5 Å². The number of hydrogen-bond acceptors (Lipinski definition) is 2. The molecule has 0 aliphatic heterocycles. The molecule has 0 heterocycles. The normalized spacial score (nSPS) is 12.7. The fourth-order valence-corrected chi connectivity index (χ4v) is 2.61. The molecule has 3 nitrogen and oxygen atoms in total. The Balaban J connectivity index is 2.85. The molecule has 0 aliphatic carbocycles. The molecule has 0 spiro atoms. The average Bonchev–Trinajstić information content (AvgIpc) is 2.29. The summed E-state index contributed by atoms with van der Waals surface area (Å²) >= 11 is 0. The van der Waals surface area contributed by atoms with E-state index < -0.39 is 5.97 Å². The minimum atomic E-state index is -0.742. The molecule has 1 aromatic rings. The first kappa shape index (κ1) is 16.7. The Morgan fingerprint density at radius 3 is 2.20 bits per heavy atom. The van der Waals surface area contributed by atoms with Crippen LogP contribution in [0.4, 0.5) is 0 Å². The Kier molecular flexibility index (Phi) is 6.21. The lowest BCUT2D eigenvalue weighted by Crippen LogP contribution is -2.36. The van der Waals surface area contributed by atoms with Gasteiger partial charge in [-0.3, -0.25) is 4.79 Å². The molecule has 1 unspecified atom stereocenters. The summed E-state index contributed by atoms with van der Waals surface area (Å²) in [4.78, 5) is 11.0. The largest absolute Gasteiger partial charge is 0.481 e. The molecule has 1 rings (SSSR count). The van der Waals surface area contributed by atoms with Crippen LogP contribution in [0.2, 0.25) is 0 Å². The van der Waals surface area contributed by atoms with Crippen molar-refractivity contribution in [2.75, 3.05) is 6.54 Å². The van der Waals surface area contributed by atoms with Gasteiger partial charge in [0.15, 0.2) is 0 Å². The predicted molar refractivity (Wildman–Crippen MR) is 83.2 cm³/mol.